The van der Waals surface area contributed by atoms with Crippen molar-refractivity contribution < 1.29 is 9.72 Å². The number of nitrogens with one attached hydrogen (secondary N) is 1. The first-order valence-corrected chi connectivity index (χ1v) is 6.01. The molecule has 2 aromatic rings. The fourth-order valence-corrected chi connectivity index (χ4v) is 1.75. The van der Waals surface area contributed by atoms with Crippen molar-refractivity contribution >= 4 is 17.4 Å². The van der Waals surface area contributed by atoms with Gasteiger partial charge < -0.3 is 5.32 Å². The molecule has 0 atom stereocenters. The smallest absolute Gasteiger partial charge is 0.287 e. The molecule has 20 heavy (non-hydrogen) atoms. The summed E-state index contributed by atoms with van der Waals surface area (Å²) in [4.78, 5) is 25.9. The van der Waals surface area contributed by atoms with Gasteiger partial charge in [0.05, 0.1) is 11.3 Å². The lowest BCUT2D eigenvalue weighted by Gasteiger charge is -2.07. The number of nitrogens with zero attached hydrogens (tertiary/aromatic N) is 2. The van der Waals surface area contributed by atoms with Gasteiger partial charge in [-0.1, -0.05) is 30.3 Å². The second kappa shape index (κ2) is 5.92. The Labute approximate surface area is 115 Å². The van der Waals surface area contributed by atoms with Gasteiger partial charge in [-0.25, -0.2) is 4.98 Å². The molecule has 0 radical (unpaired) electrons. The number of carbonyl (C=O) groups is 1. The molecule has 6 heteroatoms. The van der Waals surface area contributed by atoms with E-state index in [1.165, 1.54) is 6.07 Å². The number of carbonyl (C=O) groups excluding carboxylic acids is 1. The normalized spacial score (nSPS) is 10.1. The fourth-order valence-electron chi connectivity index (χ4n) is 1.75. The van der Waals surface area contributed by atoms with E-state index in [-0.39, 0.29) is 18.0 Å². The van der Waals surface area contributed by atoms with Gasteiger partial charge in [-0.15, -0.1) is 0 Å². The summed E-state index contributed by atoms with van der Waals surface area (Å²) < 4.78 is 0. The second-order valence-electron chi connectivity index (χ2n) is 4.33. The molecule has 0 bridgehead atoms. The number of aryl methyl sites for hydroxylation is 1. The van der Waals surface area contributed by atoms with Gasteiger partial charge in [-0.05, 0) is 18.1 Å². The lowest BCUT2D eigenvalue weighted by molar-refractivity contribution is -0.385. The molecule has 102 valence electrons. The number of anilines is 1. The Morgan fingerprint density at radius 3 is 2.65 bits per heavy atom. The Morgan fingerprint density at radius 1 is 1.35 bits per heavy atom. The highest BCUT2D eigenvalue weighted by molar-refractivity contribution is 5.92. The highest BCUT2D eigenvalue weighted by atomic mass is 16.6. The zero-order valence-electron chi connectivity index (χ0n) is 10.9. The van der Waals surface area contributed by atoms with E-state index in [1.807, 2.05) is 30.3 Å². The van der Waals surface area contributed by atoms with Gasteiger partial charge in [-0.3, -0.25) is 14.9 Å². The monoisotopic (exact) mass is 271 g/mol. The van der Waals surface area contributed by atoms with E-state index in [4.69, 9.17) is 0 Å². The molecule has 0 spiro atoms. The first kappa shape index (κ1) is 13.7. The van der Waals surface area contributed by atoms with Gasteiger partial charge in [0, 0.05) is 6.07 Å². The summed E-state index contributed by atoms with van der Waals surface area (Å²) in [6, 6.07) is 10.7. The third-order valence-electron chi connectivity index (χ3n) is 2.74. The number of amides is 1. The van der Waals surface area contributed by atoms with Gasteiger partial charge in [0.15, 0.2) is 0 Å². The van der Waals surface area contributed by atoms with E-state index < -0.39 is 4.92 Å². The highest BCUT2D eigenvalue weighted by Gasteiger charge is 2.11. The summed E-state index contributed by atoms with van der Waals surface area (Å²) >= 11 is 0. The predicted octanol–water partition coefficient (Wildman–Crippen LogP) is 2.48. The van der Waals surface area contributed by atoms with Gasteiger partial charge in [-0.2, -0.15) is 0 Å². The van der Waals surface area contributed by atoms with Crippen molar-refractivity contribution in [3.05, 3.63) is 63.8 Å². The Bertz CT molecular complexity index is 641. The van der Waals surface area contributed by atoms with Crippen molar-refractivity contribution in [2.45, 2.75) is 13.3 Å². The quantitative estimate of drug-likeness (QED) is 0.683. The summed E-state index contributed by atoms with van der Waals surface area (Å²) in [6.07, 6.45) is 1.37. The van der Waals surface area contributed by atoms with E-state index in [0.717, 1.165) is 11.8 Å². The lowest BCUT2D eigenvalue weighted by atomic mass is 10.1. The van der Waals surface area contributed by atoms with Crippen LogP contribution < -0.4 is 5.32 Å². The summed E-state index contributed by atoms with van der Waals surface area (Å²) in [5.74, 6) is 0.136. The van der Waals surface area contributed by atoms with Gasteiger partial charge >= 0.3 is 0 Å². The zero-order chi connectivity index (χ0) is 14.5. The number of aromatic nitrogens is 1. The predicted molar refractivity (Wildman–Crippen MR) is 74.4 cm³/mol. The third-order valence-corrected chi connectivity index (χ3v) is 2.74. The highest BCUT2D eigenvalue weighted by Crippen LogP contribution is 2.18. The van der Waals surface area contributed by atoms with Crippen LogP contribution in [0.25, 0.3) is 0 Å². The first-order valence-electron chi connectivity index (χ1n) is 6.01. The number of hydrogen-bond donors (Lipinski definition) is 1. The molecule has 1 amide bonds. The molecular formula is C14H13N3O3. The molecule has 1 heterocycles. The Hall–Kier alpha value is -2.76. The van der Waals surface area contributed by atoms with E-state index in [1.54, 1.807) is 6.92 Å². The van der Waals surface area contributed by atoms with Gasteiger partial charge in [0.25, 0.3) is 5.69 Å². The lowest BCUT2D eigenvalue weighted by Crippen LogP contribution is -2.16. The van der Waals surface area contributed by atoms with Crippen molar-refractivity contribution in [2.75, 3.05) is 5.32 Å². The summed E-state index contributed by atoms with van der Waals surface area (Å²) in [5, 5.41) is 13.3. The maximum absolute atomic E-state index is 11.9. The Kier molecular flexibility index (Phi) is 4.05. The minimum absolute atomic E-state index is 0.0939. The minimum Gasteiger partial charge on any atom is -0.310 e. The van der Waals surface area contributed by atoms with Crippen molar-refractivity contribution in [1.82, 2.24) is 4.98 Å². The first-order chi connectivity index (χ1) is 9.56. The maximum atomic E-state index is 11.9. The van der Waals surface area contributed by atoms with E-state index in [2.05, 4.69) is 10.3 Å². The van der Waals surface area contributed by atoms with E-state index in [9.17, 15) is 14.9 Å². The van der Waals surface area contributed by atoms with Crippen LogP contribution >= 0.6 is 0 Å². The number of hydrogen-bond acceptors (Lipinski definition) is 4. The molecule has 0 aliphatic carbocycles. The largest absolute Gasteiger partial charge is 0.310 e. The van der Waals surface area contributed by atoms with Crippen LogP contribution in [-0.2, 0) is 11.2 Å². The number of rotatable bonds is 4. The molecule has 1 N–H and O–H groups in total. The van der Waals surface area contributed by atoms with Crippen LogP contribution in [0.2, 0.25) is 0 Å². The average molecular weight is 271 g/mol. The molecule has 1 aromatic heterocycles. The van der Waals surface area contributed by atoms with Crippen LogP contribution in [0, 0.1) is 17.0 Å². The van der Waals surface area contributed by atoms with E-state index in [0.29, 0.717) is 11.4 Å². The van der Waals surface area contributed by atoms with Crippen LogP contribution in [0.5, 0.6) is 0 Å². The van der Waals surface area contributed by atoms with Gasteiger partial charge in [0.1, 0.15) is 12.0 Å². The fraction of sp³-hybridized carbons (Fsp3) is 0.143. The van der Waals surface area contributed by atoms with Crippen molar-refractivity contribution in [3.63, 3.8) is 0 Å². The summed E-state index contributed by atoms with van der Waals surface area (Å²) in [7, 11) is 0. The van der Waals surface area contributed by atoms with Gasteiger partial charge in [0.2, 0.25) is 5.91 Å². The number of nitro groups is 1. The molecule has 0 saturated carbocycles. The van der Waals surface area contributed by atoms with Crippen molar-refractivity contribution in [1.29, 1.82) is 0 Å². The molecule has 0 aliphatic rings. The Balaban J connectivity index is 2.06. The van der Waals surface area contributed by atoms with Crippen LogP contribution in [0.3, 0.4) is 0 Å². The van der Waals surface area contributed by atoms with Crippen molar-refractivity contribution in [2.24, 2.45) is 0 Å². The van der Waals surface area contributed by atoms with Crippen LogP contribution in [0.4, 0.5) is 11.5 Å². The third kappa shape index (κ3) is 3.38. The number of benzene rings is 1. The minimum atomic E-state index is -0.518. The Morgan fingerprint density at radius 2 is 2.05 bits per heavy atom. The summed E-state index contributed by atoms with van der Waals surface area (Å²) in [6.45, 7) is 1.66. The van der Waals surface area contributed by atoms with Crippen LogP contribution in [-0.4, -0.2) is 15.8 Å². The molecule has 0 saturated heterocycles. The molecule has 0 unspecified atom stereocenters. The van der Waals surface area contributed by atoms with Crippen LogP contribution in [0.1, 0.15) is 11.1 Å². The summed E-state index contributed by atoms with van der Waals surface area (Å²) in [5.41, 5.74) is 1.36. The topological polar surface area (TPSA) is 85.1 Å². The molecule has 6 nitrogen and oxygen atoms in total. The van der Waals surface area contributed by atoms with Crippen molar-refractivity contribution in [3.8, 4) is 0 Å². The van der Waals surface area contributed by atoms with Crippen LogP contribution in [0.15, 0.2) is 42.6 Å². The SMILES string of the molecule is Cc1cc([N+](=O)[O-])cnc1NC(=O)Cc1ccccc1. The molecule has 0 fully saturated rings. The molecule has 0 aliphatic heterocycles. The maximum Gasteiger partial charge on any atom is 0.287 e. The van der Waals surface area contributed by atoms with E-state index >= 15 is 0 Å². The zero-order valence-corrected chi connectivity index (χ0v) is 10.9. The number of pyridine rings is 1. The molecule has 1 aromatic carbocycles. The second-order valence-corrected chi connectivity index (χ2v) is 4.33. The average Bonchev–Trinajstić information content (AvgIpc) is 2.42. The molecule has 2 rings (SSSR count). The standard InChI is InChI=1S/C14H13N3O3/c1-10-7-12(17(19)20)9-15-14(10)16-13(18)8-11-5-3-2-4-6-11/h2-7,9H,8H2,1H3,(H,15,16,18). The molecular weight excluding hydrogens is 258 g/mol.